The molecule has 0 saturated heterocycles. The predicted molar refractivity (Wildman–Crippen MR) is 73.6 cm³/mol. The number of hydrogen-bond donors (Lipinski definition) is 1. The molecule has 18 heavy (non-hydrogen) atoms. The second-order valence-corrected chi connectivity index (χ2v) is 5.08. The van der Waals surface area contributed by atoms with Gasteiger partial charge in [-0.3, -0.25) is 4.98 Å². The number of halogens is 2. The molecule has 2 aromatic rings. The lowest BCUT2D eigenvalue weighted by molar-refractivity contribution is 0.566. The Hall–Kier alpha value is -1.26. The van der Waals surface area contributed by atoms with E-state index in [9.17, 15) is 4.39 Å². The second kappa shape index (κ2) is 6.07. The number of hydrogen-bond acceptors (Lipinski definition) is 2. The third kappa shape index (κ3) is 3.62. The molecule has 0 radical (unpaired) electrons. The minimum atomic E-state index is -0.301. The van der Waals surface area contributed by atoms with Crippen LogP contribution in [0.25, 0.3) is 0 Å². The van der Waals surface area contributed by atoms with Gasteiger partial charge in [-0.05, 0) is 36.2 Å². The van der Waals surface area contributed by atoms with Crippen molar-refractivity contribution in [1.82, 2.24) is 10.3 Å². The maximum atomic E-state index is 13.0. The lowest BCUT2D eigenvalue weighted by Crippen LogP contribution is -2.18. The number of nitrogens with one attached hydrogen (secondary N) is 1. The SMILES string of the molecule is C[C@@H](NCc1cncc(F)c1)c1cccc(Br)c1. The summed E-state index contributed by atoms with van der Waals surface area (Å²) in [6.07, 6.45) is 2.88. The molecule has 1 aromatic carbocycles. The van der Waals surface area contributed by atoms with Gasteiger partial charge >= 0.3 is 0 Å². The normalized spacial score (nSPS) is 12.4. The first-order valence-electron chi connectivity index (χ1n) is 5.73. The Balaban J connectivity index is 1.98. The van der Waals surface area contributed by atoms with E-state index in [4.69, 9.17) is 0 Å². The molecule has 1 aromatic heterocycles. The van der Waals surface area contributed by atoms with E-state index in [0.717, 1.165) is 10.0 Å². The van der Waals surface area contributed by atoms with Gasteiger partial charge in [0, 0.05) is 23.3 Å². The first-order valence-corrected chi connectivity index (χ1v) is 6.53. The zero-order valence-electron chi connectivity index (χ0n) is 10.0. The summed E-state index contributed by atoms with van der Waals surface area (Å²) in [5, 5.41) is 3.34. The summed E-state index contributed by atoms with van der Waals surface area (Å²) < 4.78 is 14.0. The molecule has 0 aliphatic heterocycles. The van der Waals surface area contributed by atoms with Crippen molar-refractivity contribution in [3.05, 3.63) is 64.1 Å². The summed E-state index contributed by atoms with van der Waals surface area (Å²) in [6.45, 7) is 2.67. The molecule has 0 bridgehead atoms. The van der Waals surface area contributed by atoms with Gasteiger partial charge in [0.25, 0.3) is 0 Å². The van der Waals surface area contributed by atoms with Crippen molar-refractivity contribution >= 4 is 15.9 Å². The number of aromatic nitrogens is 1. The van der Waals surface area contributed by atoms with Gasteiger partial charge in [-0.1, -0.05) is 28.1 Å². The summed E-state index contributed by atoms with van der Waals surface area (Å²) in [5.41, 5.74) is 2.03. The maximum absolute atomic E-state index is 13.0. The van der Waals surface area contributed by atoms with Crippen LogP contribution in [-0.4, -0.2) is 4.98 Å². The zero-order chi connectivity index (χ0) is 13.0. The number of nitrogens with zero attached hydrogens (tertiary/aromatic N) is 1. The summed E-state index contributed by atoms with van der Waals surface area (Å²) in [4.78, 5) is 3.83. The average Bonchev–Trinajstić information content (AvgIpc) is 2.36. The standard InChI is InChI=1S/C14H14BrFN2/c1-10(12-3-2-4-13(15)6-12)18-8-11-5-14(16)9-17-7-11/h2-7,9-10,18H,8H2,1H3/t10-/m1/s1. The molecule has 0 saturated carbocycles. The summed E-state index contributed by atoms with van der Waals surface area (Å²) in [5.74, 6) is -0.301. The van der Waals surface area contributed by atoms with Crippen LogP contribution in [0, 0.1) is 5.82 Å². The van der Waals surface area contributed by atoms with Crippen molar-refractivity contribution in [2.45, 2.75) is 19.5 Å². The molecule has 2 nitrogen and oxygen atoms in total. The van der Waals surface area contributed by atoms with Crippen LogP contribution in [0.5, 0.6) is 0 Å². The van der Waals surface area contributed by atoms with Crippen LogP contribution in [0.3, 0.4) is 0 Å². The van der Waals surface area contributed by atoms with Crippen LogP contribution in [0.15, 0.2) is 47.2 Å². The Morgan fingerprint density at radius 1 is 1.33 bits per heavy atom. The molecular weight excluding hydrogens is 295 g/mol. The Labute approximate surface area is 114 Å². The van der Waals surface area contributed by atoms with Gasteiger partial charge in [0.2, 0.25) is 0 Å². The first kappa shape index (κ1) is 13.2. The van der Waals surface area contributed by atoms with E-state index in [1.807, 2.05) is 12.1 Å². The van der Waals surface area contributed by atoms with Gasteiger partial charge in [-0.15, -0.1) is 0 Å². The number of benzene rings is 1. The third-order valence-electron chi connectivity index (χ3n) is 2.72. The lowest BCUT2D eigenvalue weighted by atomic mass is 10.1. The summed E-state index contributed by atoms with van der Waals surface area (Å²) in [7, 11) is 0. The van der Waals surface area contributed by atoms with Crippen molar-refractivity contribution in [2.24, 2.45) is 0 Å². The van der Waals surface area contributed by atoms with Crippen LogP contribution in [0.4, 0.5) is 4.39 Å². The molecule has 1 atom stereocenters. The molecule has 94 valence electrons. The molecule has 1 heterocycles. The molecule has 4 heteroatoms. The van der Waals surface area contributed by atoms with Crippen molar-refractivity contribution in [2.75, 3.05) is 0 Å². The molecule has 2 rings (SSSR count). The van der Waals surface area contributed by atoms with E-state index in [1.54, 1.807) is 6.20 Å². The molecule has 0 unspecified atom stereocenters. The summed E-state index contributed by atoms with van der Waals surface area (Å²) in [6, 6.07) is 9.82. The Bertz CT molecular complexity index is 531. The van der Waals surface area contributed by atoms with Gasteiger partial charge in [0.05, 0.1) is 6.20 Å². The van der Waals surface area contributed by atoms with Crippen LogP contribution in [0.1, 0.15) is 24.1 Å². The highest BCUT2D eigenvalue weighted by atomic mass is 79.9. The van der Waals surface area contributed by atoms with Crippen molar-refractivity contribution in [3.63, 3.8) is 0 Å². The van der Waals surface area contributed by atoms with Gasteiger partial charge in [0.15, 0.2) is 0 Å². The van der Waals surface area contributed by atoms with E-state index < -0.39 is 0 Å². The van der Waals surface area contributed by atoms with Crippen molar-refractivity contribution in [1.29, 1.82) is 0 Å². The smallest absolute Gasteiger partial charge is 0.141 e. The van der Waals surface area contributed by atoms with Gasteiger partial charge in [0.1, 0.15) is 5.82 Å². The van der Waals surface area contributed by atoms with E-state index in [-0.39, 0.29) is 11.9 Å². The topological polar surface area (TPSA) is 24.9 Å². The molecule has 0 fully saturated rings. The van der Waals surface area contributed by atoms with Crippen molar-refractivity contribution in [3.8, 4) is 0 Å². The van der Waals surface area contributed by atoms with Crippen LogP contribution in [-0.2, 0) is 6.54 Å². The highest BCUT2D eigenvalue weighted by molar-refractivity contribution is 9.10. The molecular formula is C14H14BrFN2. The largest absolute Gasteiger partial charge is 0.306 e. The fourth-order valence-corrected chi connectivity index (χ4v) is 2.13. The summed E-state index contributed by atoms with van der Waals surface area (Å²) >= 11 is 3.45. The third-order valence-corrected chi connectivity index (χ3v) is 3.22. The quantitative estimate of drug-likeness (QED) is 0.928. The molecule has 0 aliphatic carbocycles. The van der Waals surface area contributed by atoms with E-state index >= 15 is 0 Å². The highest BCUT2D eigenvalue weighted by Crippen LogP contribution is 2.18. The Kier molecular flexibility index (Phi) is 4.44. The van der Waals surface area contributed by atoms with Crippen LogP contribution < -0.4 is 5.32 Å². The first-order chi connectivity index (χ1) is 8.65. The molecule has 0 spiro atoms. The molecule has 1 N–H and O–H groups in total. The number of rotatable bonds is 4. The monoisotopic (exact) mass is 308 g/mol. The van der Waals surface area contributed by atoms with Gasteiger partial charge in [-0.25, -0.2) is 4.39 Å². The van der Waals surface area contributed by atoms with Crippen LogP contribution in [0.2, 0.25) is 0 Å². The average molecular weight is 309 g/mol. The number of pyridine rings is 1. The minimum Gasteiger partial charge on any atom is -0.306 e. The Morgan fingerprint density at radius 3 is 2.89 bits per heavy atom. The van der Waals surface area contributed by atoms with E-state index in [0.29, 0.717) is 6.54 Å². The lowest BCUT2D eigenvalue weighted by Gasteiger charge is -2.14. The van der Waals surface area contributed by atoms with Gasteiger partial charge in [-0.2, -0.15) is 0 Å². The zero-order valence-corrected chi connectivity index (χ0v) is 11.6. The predicted octanol–water partition coefficient (Wildman–Crippen LogP) is 3.83. The highest BCUT2D eigenvalue weighted by Gasteiger charge is 2.05. The van der Waals surface area contributed by atoms with E-state index in [2.05, 4.69) is 45.3 Å². The minimum absolute atomic E-state index is 0.200. The molecule has 0 aliphatic rings. The van der Waals surface area contributed by atoms with Gasteiger partial charge < -0.3 is 5.32 Å². The second-order valence-electron chi connectivity index (χ2n) is 4.17. The van der Waals surface area contributed by atoms with E-state index in [1.165, 1.54) is 17.8 Å². The fraction of sp³-hybridized carbons (Fsp3) is 0.214. The van der Waals surface area contributed by atoms with Crippen molar-refractivity contribution < 1.29 is 4.39 Å². The van der Waals surface area contributed by atoms with Crippen LogP contribution >= 0.6 is 15.9 Å². The molecule has 0 amide bonds. The fourth-order valence-electron chi connectivity index (χ4n) is 1.72. The maximum Gasteiger partial charge on any atom is 0.141 e. The Morgan fingerprint density at radius 2 is 2.17 bits per heavy atom.